The maximum absolute atomic E-state index is 11.4. The second-order valence-corrected chi connectivity index (χ2v) is 3.36. The molecule has 1 aromatic rings. The molecule has 1 heterocycles. The van der Waals surface area contributed by atoms with Gasteiger partial charge in [-0.1, -0.05) is 11.6 Å². The molecule has 5 nitrogen and oxygen atoms in total. The molecule has 0 aromatic carbocycles. The van der Waals surface area contributed by atoms with Crippen LogP contribution in [0.3, 0.4) is 0 Å². The van der Waals surface area contributed by atoms with Gasteiger partial charge in [0.25, 0.3) is 5.91 Å². The van der Waals surface area contributed by atoms with Crippen LogP contribution in [0.2, 0.25) is 5.15 Å². The number of nitrogens with one attached hydrogen (secondary N) is 1. The van der Waals surface area contributed by atoms with E-state index in [0.717, 1.165) is 12.8 Å². The largest absolute Gasteiger partial charge is 0.351 e. The summed E-state index contributed by atoms with van der Waals surface area (Å²) in [6.45, 7) is 1.23. The lowest BCUT2D eigenvalue weighted by atomic mass is 10.3. The maximum Gasteiger partial charge on any atom is 0.271 e. The Hall–Kier alpha value is -1.20. The van der Waals surface area contributed by atoms with Gasteiger partial charge in [0.2, 0.25) is 0 Å². The summed E-state index contributed by atoms with van der Waals surface area (Å²) in [6, 6.07) is 0. The van der Waals surface area contributed by atoms with Crippen molar-refractivity contribution in [3.63, 3.8) is 0 Å². The topological polar surface area (TPSA) is 80.9 Å². The van der Waals surface area contributed by atoms with Crippen LogP contribution in [0.25, 0.3) is 0 Å². The molecule has 0 bridgehead atoms. The standard InChI is InChI=1S/C9H13ClN4O/c10-8-6-13-7(5-14-8)9(15)12-4-2-1-3-11/h5-6H,1-4,11H2,(H,12,15). The molecule has 0 aliphatic rings. The summed E-state index contributed by atoms with van der Waals surface area (Å²) in [5, 5.41) is 2.99. The van der Waals surface area contributed by atoms with Crippen molar-refractivity contribution in [3.05, 3.63) is 23.2 Å². The Morgan fingerprint density at radius 3 is 2.80 bits per heavy atom. The lowest BCUT2D eigenvalue weighted by molar-refractivity contribution is 0.0947. The smallest absolute Gasteiger partial charge is 0.271 e. The highest BCUT2D eigenvalue weighted by Gasteiger charge is 2.05. The number of unbranched alkanes of at least 4 members (excludes halogenated alkanes) is 1. The number of halogens is 1. The molecule has 0 saturated carbocycles. The Morgan fingerprint density at radius 1 is 1.40 bits per heavy atom. The first-order chi connectivity index (χ1) is 7.24. The molecule has 0 saturated heterocycles. The molecule has 0 aliphatic heterocycles. The van der Waals surface area contributed by atoms with Crippen LogP contribution in [0.15, 0.2) is 12.4 Å². The Balaban J connectivity index is 2.37. The third-order valence-corrected chi connectivity index (χ3v) is 1.96. The number of nitrogens with two attached hydrogens (primary N) is 1. The number of amides is 1. The summed E-state index contributed by atoms with van der Waals surface area (Å²) in [7, 11) is 0. The van der Waals surface area contributed by atoms with Crippen LogP contribution in [0.4, 0.5) is 0 Å². The van der Waals surface area contributed by atoms with Gasteiger partial charge in [0.05, 0.1) is 12.4 Å². The van der Waals surface area contributed by atoms with Crippen LogP contribution >= 0.6 is 11.6 Å². The van der Waals surface area contributed by atoms with Crippen LogP contribution in [0.1, 0.15) is 23.3 Å². The van der Waals surface area contributed by atoms with Crippen molar-refractivity contribution in [1.29, 1.82) is 0 Å². The summed E-state index contributed by atoms with van der Waals surface area (Å²) in [6.07, 6.45) is 4.45. The van der Waals surface area contributed by atoms with Crippen LogP contribution in [-0.2, 0) is 0 Å². The van der Waals surface area contributed by atoms with Gasteiger partial charge < -0.3 is 11.1 Å². The van der Waals surface area contributed by atoms with Crippen molar-refractivity contribution in [3.8, 4) is 0 Å². The van der Waals surface area contributed by atoms with Crippen molar-refractivity contribution in [2.24, 2.45) is 5.73 Å². The van der Waals surface area contributed by atoms with E-state index >= 15 is 0 Å². The first-order valence-electron chi connectivity index (χ1n) is 4.70. The summed E-state index contributed by atoms with van der Waals surface area (Å²) >= 11 is 5.54. The number of carbonyl (C=O) groups is 1. The van der Waals surface area contributed by atoms with E-state index in [1.54, 1.807) is 0 Å². The van der Waals surface area contributed by atoms with Crippen LogP contribution in [0.5, 0.6) is 0 Å². The zero-order chi connectivity index (χ0) is 11.1. The fourth-order valence-electron chi connectivity index (χ4n) is 0.991. The Morgan fingerprint density at radius 2 is 2.20 bits per heavy atom. The molecule has 6 heteroatoms. The Kier molecular flexibility index (Phi) is 5.00. The van der Waals surface area contributed by atoms with Gasteiger partial charge >= 0.3 is 0 Å². The number of aromatic nitrogens is 2. The van der Waals surface area contributed by atoms with E-state index in [-0.39, 0.29) is 16.8 Å². The molecule has 0 atom stereocenters. The van der Waals surface area contributed by atoms with E-state index in [9.17, 15) is 4.79 Å². The van der Waals surface area contributed by atoms with Crippen molar-refractivity contribution in [1.82, 2.24) is 15.3 Å². The number of hydrogen-bond donors (Lipinski definition) is 2. The van der Waals surface area contributed by atoms with Crippen LogP contribution < -0.4 is 11.1 Å². The predicted octanol–water partition coefficient (Wildman–Crippen LogP) is 0.599. The molecular formula is C9H13ClN4O. The molecule has 0 spiro atoms. The summed E-state index contributed by atoms with van der Waals surface area (Å²) < 4.78 is 0. The average Bonchev–Trinajstić information content (AvgIpc) is 2.25. The average molecular weight is 229 g/mol. The third kappa shape index (κ3) is 4.22. The maximum atomic E-state index is 11.4. The zero-order valence-corrected chi connectivity index (χ0v) is 9.00. The molecule has 0 radical (unpaired) electrons. The van der Waals surface area contributed by atoms with E-state index in [1.165, 1.54) is 12.4 Å². The van der Waals surface area contributed by atoms with E-state index in [0.29, 0.717) is 13.1 Å². The van der Waals surface area contributed by atoms with Gasteiger partial charge in [0.15, 0.2) is 0 Å². The quantitative estimate of drug-likeness (QED) is 0.724. The van der Waals surface area contributed by atoms with Gasteiger partial charge in [0.1, 0.15) is 10.8 Å². The number of nitrogens with zero attached hydrogens (tertiary/aromatic N) is 2. The molecule has 0 aliphatic carbocycles. The second-order valence-electron chi connectivity index (χ2n) is 2.98. The summed E-state index contributed by atoms with van der Waals surface area (Å²) in [5.74, 6) is -0.240. The first-order valence-corrected chi connectivity index (χ1v) is 5.07. The zero-order valence-electron chi connectivity index (χ0n) is 8.24. The first kappa shape index (κ1) is 11.9. The lowest BCUT2D eigenvalue weighted by Gasteiger charge is -2.03. The van der Waals surface area contributed by atoms with Crippen molar-refractivity contribution in [2.75, 3.05) is 13.1 Å². The fourth-order valence-corrected chi connectivity index (χ4v) is 1.09. The van der Waals surface area contributed by atoms with Crippen molar-refractivity contribution < 1.29 is 4.79 Å². The highest BCUT2D eigenvalue weighted by atomic mass is 35.5. The summed E-state index contributed by atoms with van der Waals surface area (Å²) in [4.78, 5) is 19.0. The van der Waals surface area contributed by atoms with Gasteiger partial charge in [-0.25, -0.2) is 9.97 Å². The SMILES string of the molecule is NCCCCNC(=O)c1cnc(Cl)cn1. The molecule has 0 fully saturated rings. The van der Waals surface area contributed by atoms with Gasteiger partial charge in [0, 0.05) is 6.54 Å². The van der Waals surface area contributed by atoms with Crippen molar-refractivity contribution in [2.45, 2.75) is 12.8 Å². The minimum absolute atomic E-state index is 0.240. The van der Waals surface area contributed by atoms with Gasteiger partial charge in [-0.2, -0.15) is 0 Å². The monoisotopic (exact) mass is 228 g/mol. The molecule has 15 heavy (non-hydrogen) atoms. The minimum Gasteiger partial charge on any atom is -0.351 e. The number of carbonyl (C=O) groups excluding carboxylic acids is 1. The molecule has 1 amide bonds. The highest BCUT2D eigenvalue weighted by Crippen LogP contribution is 2.00. The highest BCUT2D eigenvalue weighted by molar-refractivity contribution is 6.29. The number of hydrogen-bond acceptors (Lipinski definition) is 4. The third-order valence-electron chi connectivity index (χ3n) is 1.77. The van der Waals surface area contributed by atoms with Crippen LogP contribution in [-0.4, -0.2) is 29.0 Å². The Bertz CT molecular complexity index is 314. The second kappa shape index (κ2) is 6.31. The van der Waals surface area contributed by atoms with E-state index in [1.807, 2.05) is 0 Å². The molecule has 1 rings (SSSR count). The Labute approximate surface area is 93.0 Å². The predicted molar refractivity (Wildman–Crippen MR) is 57.7 cm³/mol. The van der Waals surface area contributed by atoms with Gasteiger partial charge in [-0.3, -0.25) is 4.79 Å². The molecule has 3 N–H and O–H groups in total. The lowest BCUT2D eigenvalue weighted by Crippen LogP contribution is -2.25. The normalized spacial score (nSPS) is 10.0. The molecule has 1 aromatic heterocycles. The van der Waals surface area contributed by atoms with E-state index in [4.69, 9.17) is 17.3 Å². The molecular weight excluding hydrogens is 216 g/mol. The van der Waals surface area contributed by atoms with Gasteiger partial charge in [-0.05, 0) is 19.4 Å². The fraction of sp³-hybridized carbons (Fsp3) is 0.444. The minimum atomic E-state index is -0.240. The van der Waals surface area contributed by atoms with Crippen molar-refractivity contribution >= 4 is 17.5 Å². The molecule has 82 valence electrons. The van der Waals surface area contributed by atoms with E-state index in [2.05, 4.69) is 15.3 Å². The number of rotatable bonds is 5. The van der Waals surface area contributed by atoms with E-state index < -0.39 is 0 Å². The van der Waals surface area contributed by atoms with Gasteiger partial charge in [-0.15, -0.1) is 0 Å². The summed E-state index contributed by atoms with van der Waals surface area (Å²) in [5.41, 5.74) is 5.59. The molecule has 0 unspecified atom stereocenters. The van der Waals surface area contributed by atoms with Crippen LogP contribution in [0, 0.1) is 0 Å².